The number of alkyl carbamates (subject to hydrolysis) is 1. The van der Waals surface area contributed by atoms with E-state index in [1.807, 2.05) is 27.7 Å². The molecule has 1 aromatic heterocycles. The van der Waals surface area contributed by atoms with Gasteiger partial charge in [0.1, 0.15) is 11.4 Å². The molecule has 1 atom stereocenters. The molecule has 0 radical (unpaired) electrons. The van der Waals surface area contributed by atoms with E-state index >= 15 is 0 Å². The Bertz CT molecular complexity index is 544. The van der Waals surface area contributed by atoms with E-state index in [9.17, 15) is 4.79 Å². The molecule has 0 saturated heterocycles. The van der Waals surface area contributed by atoms with Crippen molar-refractivity contribution in [3.8, 4) is 11.6 Å². The van der Waals surface area contributed by atoms with E-state index in [4.69, 9.17) is 14.2 Å². The van der Waals surface area contributed by atoms with Gasteiger partial charge in [0.2, 0.25) is 5.88 Å². The molecule has 1 amide bonds. The molecule has 130 valence electrons. The molecule has 1 N–H and O–H groups in total. The number of rotatable bonds is 6. The van der Waals surface area contributed by atoms with Crippen LogP contribution in [0.25, 0.3) is 0 Å². The molecule has 1 rings (SSSR count). The molecular weight excluding hydrogens is 364 g/mol. The minimum atomic E-state index is -0.529. The number of hydrogen-bond acceptors (Lipinski definition) is 5. The summed E-state index contributed by atoms with van der Waals surface area (Å²) in [5.41, 5.74) is 0.189. The Hall–Kier alpha value is -1.50. The molecule has 7 heteroatoms. The van der Waals surface area contributed by atoms with E-state index in [1.165, 1.54) is 0 Å². The SMILES string of the molecule is CCC(Cc1nc(OC)c(Br)cc1OC)NC(=O)OC(C)(C)C. The molecule has 0 aliphatic carbocycles. The first-order valence-corrected chi connectivity index (χ1v) is 8.26. The second kappa shape index (κ2) is 8.38. The summed E-state index contributed by atoms with van der Waals surface area (Å²) in [4.78, 5) is 16.4. The summed E-state index contributed by atoms with van der Waals surface area (Å²) in [7, 11) is 3.14. The Morgan fingerprint density at radius 1 is 1.35 bits per heavy atom. The average Bonchev–Trinajstić information content (AvgIpc) is 2.45. The zero-order chi connectivity index (χ0) is 17.6. The molecule has 0 spiro atoms. The highest BCUT2D eigenvalue weighted by atomic mass is 79.9. The Morgan fingerprint density at radius 2 is 2.00 bits per heavy atom. The molecule has 6 nitrogen and oxygen atoms in total. The highest BCUT2D eigenvalue weighted by molar-refractivity contribution is 9.10. The van der Waals surface area contributed by atoms with Gasteiger partial charge in [-0.2, -0.15) is 0 Å². The number of ether oxygens (including phenoxy) is 3. The number of carbonyl (C=O) groups is 1. The summed E-state index contributed by atoms with van der Waals surface area (Å²) < 4.78 is 16.6. The Kier molecular flexibility index (Phi) is 7.12. The first kappa shape index (κ1) is 19.5. The topological polar surface area (TPSA) is 69.7 Å². The van der Waals surface area contributed by atoms with Gasteiger partial charge in [-0.3, -0.25) is 0 Å². The van der Waals surface area contributed by atoms with Gasteiger partial charge in [0.25, 0.3) is 0 Å². The smallest absolute Gasteiger partial charge is 0.407 e. The summed E-state index contributed by atoms with van der Waals surface area (Å²) in [5, 5.41) is 2.87. The van der Waals surface area contributed by atoms with Crippen molar-refractivity contribution in [1.82, 2.24) is 10.3 Å². The van der Waals surface area contributed by atoms with Gasteiger partial charge in [0.15, 0.2) is 0 Å². The minimum Gasteiger partial charge on any atom is -0.495 e. The maximum absolute atomic E-state index is 11.9. The van der Waals surface area contributed by atoms with Gasteiger partial charge in [-0.1, -0.05) is 6.92 Å². The van der Waals surface area contributed by atoms with Gasteiger partial charge >= 0.3 is 6.09 Å². The Labute approximate surface area is 146 Å². The molecule has 1 heterocycles. The first-order chi connectivity index (χ1) is 10.7. The van der Waals surface area contributed by atoms with Gasteiger partial charge in [0.05, 0.1) is 24.4 Å². The number of amides is 1. The first-order valence-electron chi connectivity index (χ1n) is 7.47. The maximum atomic E-state index is 11.9. The standard InChI is InChI=1S/C16H25BrN2O4/c1-7-10(18-15(20)23-16(2,3)4)8-12-13(21-5)9-11(17)14(19-12)22-6/h9-10H,7-8H2,1-6H3,(H,18,20). The third-order valence-corrected chi connectivity index (χ3v) is 3.62. The van der Waals surface area contributed by atoms with Crippen LogP contribution in [-0.2, 0) is 11.2 Å². The van der Waals surface area contributed by atoms with E-state index in [2.05, 4.69) is 26.2 Å². The van der Waals surface area contributed by atoms with Gasteiger partial charge in [-0.15, -0.1) is 0 Å². The molecule has 1 unspecified atom stereocenters. The quantitative estimate of drug-likeness (QED) is 0.803. The fourth-order valence-corrected chi connectivity index (χ4v) is 2.42. The van der Waals surface area contributed by atoms with Gasteiger partial charge in [0, 0.05) is 18.5 Å². The highest BCUT2D eigenvalue weighted by Crippen LogP contribution is 2.30. The van der Waals surface area contributed by atoms with Gasteiger partial charge in [-0.25, -0.2) is 9.78 Å². The largest absolute Gasteiger partial charge is 0.495 e. The third-order valence-electron chi connectivity index (χ3n) is 3.05. The summed E-state index contributed by atoms with van der Waals surface area (Å²) in [6.07, 6.45) is 0.817. The minimum absolute atomic E-state index is 0.114. The lowest BCUT2D eigenvalue weighted by atomic mass is 10.1. The van der Waals surface area contributed by atoms with Crippen LogP contribution in [0.5, 0.6) is 11.6 Å². The van der Waals surface area contributed by atoms with Crippen molar-refractivity contribution in [3.63, 3.8) is 0 Å². The lowest BCUT2D eigenvalue weighted by molar-refractivity contribution is 0.0502. The van der Waals surface area contributed by atoms with Crippen LogP contribution in [0.4, 0.5) is 4.79 Å². The van der Waals surface area contributed by atoms with Crippen LogP contribution < -0.4 is 14.8 Å². The van der Waals surface area contributed by atoms with E-state index in [-0.39, 0.29) is 6.04 Å². The molecule has 0 aliphatic heterocycles. The van der Waals surface area contributed by atoms with Crippen LogP contribution in [0.15, 0.2) is 10.5 Å². The molecule has 0 aromatic carbocycles. The fraction of sp³-hybridized carbons (Fsp3) is 0.625. The third kappa shape index (κ3) is 6.25. The number of methoxy groups -OCH3 is 2. The van der Waals surface area contributed by atoms with Crippen molar-refractivity contribution in [3.05, 3.63) is 16.2 Å². The summed E-state index contributed by atoms with van der Waals surface area (Å²) in [6, 6.07) is 1.69. The summed E-state index contributed by atoms with van der Waals surface area (Å²) in [6.45, 7) is 7.48. The number of carbonyl (C=O) groups excluding carboxylic acids is 1. The predicted molar refractivity (Wildman–Crippen MR) is 92.2 cm³/mol. The molecular formula is C16H25BrN2O4. The Balaban J connectivity index is 2.88. The van der Waals surface area contributed by atoms with Crippen LogP contribution in [0.3, 0.4) is 0 Å². The van der Waals surface area contributed by atoms with E-state index in [1.54, 1.807) is 20.3 Å². The molecule has 1 aromatic rings. The van der Waals surface area contributed by atoms with Crippen molar-refractivity contribution in [1.29, 1.82) is 0 Å². The number of nitrogens with zero attached hydrogens (tertiary/aromatic N) is 1. The Morgan fingerprint density at radius 3 is 2.48 bits per heavy atom. The van der Waals surface area contributed by atoms with Crippen LogP contribution in [0.1, 0.15) is 39.8 Å². The van der Waals surface area contributed by atoms with E-state index < -0.39 is 11.7 Å². The zero-order valence-electron chi connectivity index (χ0n) is 14.5. The number of hydrogen-bond donors (Lipinski definition) is 1. The molecule has 0 fully saturated rings. The second-order valence-corrected chi connectivity index (χ2v) is 6.94. The van der Waals surface area contributed by atoms with Crippen LogP contribution in [0.2, 0.25) is 0 Å². The van der Waals surface area contributed by atoms with Crippen LogP contribution in [-0.4, -0.2) is 36.9 Å². The predicted octanol–water partition coefficient (Wildman–Crippen LogP) is 3.71. The van der Waals surface area contributed by atoms with Crippen molar-refractivity contribution >= 4 is 22.0 Å². The van der Waals surface area contributed by atoms with Crippen molar-refractivity contribution < 1.29 is 19.0 Å². The second-order valence-electron chi connectivity index (χ2n) is 6.08. The van der Waals surface area contributed by atoms with Crippen LogP contribution in [0, 0.1) is 0 Å². The number of halogens is 1. The number of aromatic nitrogens is 1. The number of pyridine rings is 1. The van der Waals surface area contributed by atoms with Crippen molar-refractivity contribution in [2.45, 2.75) is 52.2 Å². The molecule has 0 aliphatic rings. The van der Waals surface area contributed by atoms with Gasteiger partial charge in [-0.05, 0) is 43.1 Å². The highest BCUT2D eigenvalue weighted by Gasteiger charge is 2.21. The average molecular weight is 389 g/mol. The normalized spacial score (nSPS) is 12.5. The lowest BCUT2D eigenvalue weighted by Crippen LogP contribution is -2.40. The molecule has 23 heavy (non-hydrogen) atoms. The maximum Gasteiger partial charge on any atom is 0.407 e. The van der Waals surface area contributed by atoms with Crippen LogP contribution >= 0.6 is 15.9 Å². The lowest BCUT2D eigenvalue weighted by Gasteiger charge is -2.23. The van der Waals surface area contributed by atoms with Gasteiger partial charge < -0.3 is 19.5 Å². The van der Waals surface area contributed by atoms with E-state index in [0.717, 1.165) is 12.1 Å². The van der Waals surface area contributed by atoms with E-state index in [0.29, 0.717) is 22.5 Å². The van der Waals surface area contributed by atoms with Crippen molar-refractivity contribution in [2.24, 2.45) is 0 Å². The fourth-order valence-electron chi connectivity index (χ4n) is 1.96. The monoisotopic (exact) mass is 388 g/mol. The number of nitrogens with one attached hydrogen (secondary N) is 1. The summed E-state index contributed by atoms with van der Waals surface area (Å²) >= 11 is 3.38. The summed E-state index contributed by atoms with van der Waals surface area (Å²) in [5.74, 6) is 1.12. The molecule has 0 bridgehead atoms. The molecule has 0 saturated carbocycles. The van der Waals surface area contributed by atoms with Crippen molar-refractivity contribution in [2.75, 3.05) is 14.2 Å². The zero-order valence-corrected chi connectivity index (χ0v) is 16.1.